The second-order valence-corrected chi connectivity index (χ2v) is 3.06. The van der Waals surface area contributed by atoms with Crippen LogP contribution in [0.4, 0.5) is 17.6 Å². The fourth-order valence-corrected chi connectivity index (χ4v) is 1.18. The van der Waals surface area contributed by atoms with E-state index in [4.69, 9.17) is 23.2 Å². The number of hydrogen-bond donors (Lipinski definition) is 0. The standard InChI is InChI=1S/C7H2Cl2F4/c8-3-1-4(7(11,12)13)6(9)5(10)2-3/h1-2H. The van der Waals surface area contributed by atoms with Crippen LogP contribution in [0, 0.1) is 5.82 Å². The zero-order valence-electron chi connectivity index (χ0n) is 5.92. The molecule has 0 saturated heterocycles. The lowest BCUT2D eigenvalue weighted by Crippen LogP contribution is -2.06. The summed E-state index contributed by atoms with van der Waals surface area (Å²) in [7, 11) is 0. The molecule has 13 heavy (non-hydrogen) atoms. The summed E-state index contributed by atoms with van der Waals surface area (Å²) in [6.07, 6.45) is -4.69. The highest BCUT2D eigenvalue weighted by molar-refractivity contribution is 6.33. The highest BCUT2D eigenvalue weighted by atomic mass is 35.5. The van der Waals surface area contributed by atoms with Gasteiger partial charge in [-0.2, -0.15) is 13.2 Å². The topological polar surface area (TPSA) is 0 Å². The molecule has 0 fully saturated rings. The van der Waals surface area contributed by atoms with Gasteiger partial charge >= 0.3 is 6.18 Å². The summed E-state index contributed by atoms with van der Waals surface area (Å²) in [6, 6.07) is 1.30. The minimum atomic E-state index is -4.69. The van der Waals surface area contributed by atoms with Crippen molar-refractivity contribution in [2.45, 2.75) is 6.18 Å². The molecular formula is C7H2Cl2F4. The van der Waals surface area contributed by atoms with E-state index in [9.17, 15) is 17.6 Å². The molecule has 0 spiro atoms. The predicted octanol–water partition coefficient (Wildman–Crippen LogP) is 4.15. The molecule has 0 bridgehead atoms. The molecule has 6 heteroatoms. The second-order valence-electron chi connectivity index (χ2n) is 2.25. The Labute approximate surface area is 81.1 Å². The Kier molecular flexibility index (Phi) is 2.73. The van der Waals surface area contributed by atoms with E-state index >= 15 is 0 Å². The Balaban J connectivity index is 3.37. The van der Waals surface area contributed by atoms with Crippen LogP contribution < -0.4 is 0 Å². The number of hydrogen-bond acceptors (Lipinski definition) is 0. The van der Waals surface area contributed by atoms with Crippen molar-refractivity contribution in [1.82, 2.24) is 0 Å². The van der Waals surface area contributed by atoms with E-state index in [2.05, 4.69) is 0 Å². The van der Waals surface area contributed by atoms with Crippen molar-refractivity contribution in [3.05, 3.63) is 33.6 Å². The van der Waals surface area contributed by atoms with Gasteiger partial charge in [0, 0.05) is 5.02 Å². The third-order valence-corrected chi connectivity index (χ3v) is 1.90. The molecule has 1 aromatic carbocycles. The molecular weight excluding hydrogens is 231 g/mol. The molecule has 0 saturated carbocycles. The van der Waals surface area contributed by atoms with E-state index in [1.807, 2.05) is 0 Å². The smallest absolute Gasteiger partial charge is 0.205 e. The molecule has 0 aliphatic rings. The van der Waals surface area contributed by atoms with Gasteiger partial charge in [-0.05, 0) is 12.1 Å². The first kappa shape index (κ1) is 10.6. The molecule has 0 unspecified atom stereocenters. The van der Waals surface area contributed by atoms with Crippen LogP contribution in [0.1, 0.15) is 5.56 Å². The van der Waals surface area contributed by atoms with E-state index in [0.29, 0.717) is 6.07 Å². The Hall–Kier alpha value is -0.480. The van der Waals surface area contributed by atoms with Crippen molar-refractivity contribution in [3.8, 4) is 0 Å². The molecule has 0 aliphatic heterocycles. The van der Waals surface area contributed by atoms with Crippen LogP contribution in [0.3, 0.4) is 0 Å². The van der Waals surface area contributed by atoms with E-state index in [1.165, 1.54) is 0 Å². The van der Waals surface area contributed by atoms with Gasteiger partial charge in [0.25, 0.3) is 0 Å². The summed E-state index contributed by atoms with van der Waals surface area (Å²) in [4.78, 5) is 0. The fraction of sp³-hybridized carbons (Fsp3) is 0.143. The second kappa shape index (κ2) is 3.35. The van der Waals surface area contributed by atoms with E-state index in [1.54, 1.807) is 0 Å². The number of benzene rings is 1. The largest absolute Gasteiger partial charge is 0.418 e. The molecule has 1 aromatic rings. The maximum Gasteiger partial charge on any atom is 0.418 e. The summed E-state index contributed by atoms with van der Waals surface area (Å²) in [5.74, 6) is -1.18. The van der Waals surface area contributed by atoms with Gasteiger partial charge in [-0.1, -0.05) is 23.2 Å². The van der Waals surface area contributed by atoms with Crippen LogP contribution in [-0.4, -0.2) is 0 Å². The Morgan fingerprint density at radius 3 is 2.08 bits per heavy atom. The van der Waals surface area contributed by atoms with Crippen LogP contribution in [0.15, 0.2) is 12.1 Å². The summed E-state index contributed by atoms with van der Waals surface area (Å²) in [5.41, 5.74) is -1.26. The maximum atomic E-state index is 12.7. The van der Waals surface area contributed by atoms with Crippen molar-refractivity contribution < 1.29 is 17.6 Å². The zero-order valence-corrected chi connectivity index (χ0v) is 7.43. The summed E-state index contributed by atoms with van der Waals surface area (Å²) in [6.45, 7) is 0. The minimum absolute atomic E-state index is 0.339. The van der Waals surface area contributed by atoms with Crippen molar-refractivity contribution >= 4 is 23.2 Å². The van der Waals surface area contributed by atoms with Crippen molar-refractivity contribution in [2.75, 3.05) is 0 Å². The molecule has 0 aliphatic carbocycles. The Morgan fingerprint density at radius 2 is 1.62 bits per heavy atom. The molecule has 0 atom stereocenters. The maximum absolute atomic E-state index is 12.7. The molecule has 0 aromatic heterocycles. The first-order valence-electron chi connectivity index (χ1n) is 3.04. The van der Waals surface area contributed by atoms with Gasteiger partial charge in [-0.15, -0.1) is 0 Å². The van der Waals surface area contributed by atoms with Crippen LogP contribution in [-0.2, 0) is 6.18 Å². The third-order valence-electron chi connectivity index (χ3n) is 1.30. The number of rotatable bonds is 0. The van der Waals surface area contributed by atoms with Gasteiger partial charge < -0.3 is 0 Å². The first-order valence-corrected chi connectivity index (χ1v) is 3.79. The van der Waals surface area contributed by atoms with Gasteiger partial charge in [-0.3, -0.25) is 0 Å². The molecule has 0 radical (unpaired) electrons. The average Bonchev–Trinajstić information content (AvgIpc) is 1.94. The summed E-state index contributed by atoms with van der Waals surface area (Å²) in [5, 5.41) is -1.30. The van der Waals surface area contributed by atoms with Crippen molar-refractivity contribution in [2.24, 2.45) is 0 Å². The van der Waals surface area contributed by atoms with Crippen LogP contribution in [0.5, 0.6) is 0 Å². The highest BCUT2D eigenvalue weighted by Crippen LogP contribution is 2.37. The van der Waals surface area contributed by atoms with Gasteiger partial charge in [0.2, 0.25) is 0 Å². The first-order chi connectivity index (χ1) is 5.82. The van der Waals surface area contributed by atoms with Crippen molar-refractivity contribution in [3.63, 3.8) is 0 Å². The molecule has 0 heterocycles. The lowest BCUT2D eigenvalue weighted by Gasteiger charge is -2.09. The fourth-order valence-electron chi connectivity index (χ4n) is 0.762. The SMILES string of the molecule is Fc1cc(Cl)cc(C(F)(F)F)c1Cl. The van der Waals surface area contributed by atoms with Gasteiger partial charge in [0.1, 0.15) is 5.82 Å². The zero-order chi connectivity index (χ0) is 10.2. The van der Waals surface area contributed by atoms with Gasteiger partial charge in [0.15, 0.2) is 0 Å². The van der Waals surface area contributed by atoms with Crippen LogP contribution in [0.25, 0.3) is 0 Å². The molecule has 0 nitrogen and oxygen atoms in total. The number of alkyl halides is 3. The molecule has 1 rings (SSSR count). The van der Waals surface area contributed by atoms with E-state index in [0.717, 1.165) is 6.07 Å². The summed E-state index contributed by atoms with van der Waals surface area (Å²) >= 11 is 10.3. The highest BCUT2D eigenvalue weighted by Gasteiger charge is 2.34. The van der Waals surface area contributed by atoms with Crippen molar-refractivity contribution in [1.29, 1.82) is 0 Å². The quantitative estimate of drug-likeness (QED) is 0.466. The Bertz CT molecular complexity index is 332. The van der Waals surface area contributed by atoms with Crippen LogP contribution in [0.2, 0.25) is 10.0 Å². The van der Waals surface area contributed by atoms with Gasteiger partial charge in [-0.25, -0.2) is 4.39 Å². The predicted molar refractivity (Wildman–Crippen MR) is 41.4 cm³/mol. The lowest BCUT2D eigenvalue weighted by molar-refractivity contribution is -0.137. The van der Waals surface area contributed by atoms with Crippen LogP contribution >= 0.6 is 23.2 Å². The monoisotopic (exact) mass is 232 g/mol. The normalized spacial score (nSPS) is 11.8. The summed E-state index contributed by atoms with van der Waals surface area (Å²) < 4.78 is 49.0. The van der Waals surface area contributed by atoms with E-state index < -0.39 is 22.6 Å². The molecule has 72 valence electrons. The van der Waals surface area contributed by atoms with Gasteiger partial charge in [0.05, 0.1) is 10.6 Å². The Morgan fingerprint density at radius 1 is 1.08 bits per heavy atom. The lowest BCUT2D eigenvalue weighted by atomic mass is 10.2. The van der Waals surface area contributed by atoms with E-state index in [-0.39, 0.29) is 5.02 Å². The average molecular weight is 233 g/mol. The molecule has 0 amide bonds. The minimum Gasteiger partial charge on any atom is -0.205 e. The molecule has 0 N–H and O–H groups in total. The third kappa shape index (κ3) is 2.25. The number of halogens is 6.